The highest BCUT2D eigenvalue weighted by Crippen LogP contribution is 2.24. The molecule has 0 amide bonds. The minimum atomic E-state index is -0.754. The van der Waals surface area contributed by atoms with Crippen LogP contribution in [0.1, 0.15) is 32.1 Å². The topological polar surface area (TPSA) is 74.1 Å². The Bertz CT molecular complexity index is 1280. The van der Waals surface area contributed by atoms with E-state index < -0.39 is 5.97 Å². The van der Waals surface area contributed by atoms with E-state index in [9.17, 15) is 9.59 Å². The van der Waals surface area contributed by atoms with Crippen molar-refractivity contribution >= 4 is 27.7 Å². The summed E-state index contributed by atoms with van der Waals surface area (Å²) in [4.78, 5) is 29.5. The number of ketones is 1. The van der Waals surface area contributed by atoms with Gasteiger partial charge in [-0.2, -0.15) is 0 Å². The number of halogens is 1. The molecule has 0 aliphatic carbocycles. The van der Waals surface area contributed by atoms with Gasteiger partial charge in [0, 0.05) is 15.6 Å². The number of para-hydroxylation sites is 1. The van der Waals surface area contributed by atoms with Crippen molar-refractivity contribution in [2.45, 2.75) is 13.8 Å². The fourth-order valence-electron chi connectivity index (χ4n) is 3.17. The number of benzene rings is 3. The molecule has 6 nitrogen and oxygen atoms in total. The van der Waals surface area contributed by atoms with Crippen LogP contribution in [0.5, 0.6) is 0 Å². The number of carbonyl (C=O) groups excluding carboxylic acids is 2. The van der Waals surface area contributed by atoms with Gasteiger partial charge in [0.15, 0.2) is 18.2 Å². The molecular weight excluding hydrogens is 470 g/mol. The van der Waals surface area contributed by atoms with Gasteiger partial charge in [0.2, 0.25) is 0 Å². The average Bonchev–Trinajstić information content (AvgIpc) is 3.24. The van der Waals surface area contributed by atoms with Gasteiger partial charge < -0.3 is 4.74 Å². The lowest BCUT2D eigenvalue weighted by Gasteiger charge is -2.08. The zero-order valence-electron chi connectivity index (χ0n) is 17.6. The van der Waals surface area contributed by atoms with E-state index in [-0.39, 0.29) is 18.2 Å². The van der Waals surface area contributed by atoms with E-state index >= 15 is 0 Å². The fourth-order valence-corrected chi connectivity index (χ4v) is 3.44. The summed E-state index contributed by atoms with van der Waals surface area (Å²) in [6, 6.07) is 22.4. The highest BCUT2D eigenvalue weighted by Gasteiger charge is 2.21. The summed E-state index contributed by atoms with van der Waals surface area (Å²) in [5, 5.41) is 4.42. The molecule has 0 N–H and O–H groups in total. The molecule has 3 aromatic carbocycles. The maximum absolute atomic E-state index is 12.7. The third-order valence-electron chi connectivity index (χ3n) is 4.94. The Morgan fingerprint density at radius 2 is 1.62 bits per heavy atom. The van der Waals surface area contributed by atoms with E-state index in [0.29, 0.717) is 11.4 Å². The van der Waals surface area contributed by atoms with Crippen LogP contribution in [-0.2, 0) is 4.74 Å². The van der Waals surface area contributed by atoms with Crippen molar-refractivity contribution in [3.8, 4) is 17.1 Å². The predicted molar refractivity (Wildman–Crippen MR) is 125 cm³/mol. The van der Waals surface area contributed by atoms with Gasteiger partial charge in [0.25, 0.3) is 5.82 Å². The van der Waals surface area contributed by atoms with Gasteiger partial charge >= 0.3 is 5.97 Å². The first kappa shape index (κ1) is 21.6. The summed E-state index contributed by atoms with van der Waals surface area (Å²) < 4.78 is 7.72. The molecule has 160 valence electrons. The number of aromatic nitrogens is 3. The molecule has 1 heterocycles. The average molecular weight is 490 g/mol. The first-order chi connectivity index (χ1) is 15.4. The molecule has 0 aliphatic rings. The van der Waals surface area contributed by atoms with Gasteiger partial charge in [0.1, 0.15) is 0 Å². The van der Waals surface area contributed by atoms with E-state index in [0.717, 1.165) is 26.9 Å². The normalized spacial score (nSPS) is 10.7. The Balaban J connectivity index is 1.62. The quantitative estimate of drug-likeness (QED) is 0.269. The molecule has 0 unspecified atom stereocenters. The highest BCUT2D eigenvalue weighted by atomic mass is 79.9. The Hall–Kier alpha value is -3.58. The SMILES string of the molecule is Cc1ccc(-c2nc(C(=O)OCC(=O)c3ccc(Br)cc3)nn2-c2ccccc2C)cc1. The minimum Gasteiger partial charge on any atom is -0.451 e. The van der Waals surface area contributed by atoms with E-state index in [1.807, 2.05) is 62.4 Å². The minimum absolute atomic E-state index is 0.104. The number of rotatable bonds is 6. The molecule has 0 radical (unpaired) electrons. The molecule has 4 aromatic rings. The van der Waals surface area contributed by atoms with Crippen LogP contribution in [0, 0.1) is 13.8 Å². The second kappa shape index (κ2) is 9.28. The Morgan fingerprint density at radius 3 is 2.31 bits per heavy atom. The summed E-state index contributed by atoms with van der Waals surface area (Å²) in [5.74, 6) is -0.642. The van der Waals surface area contributed by atoms with E-state index in [2.05, 4.69) is 26.0 Å². The first-order valence-corrected chi connectivity index (χ1v) is 10.8. The van der Waals surface area contributed by atoms with Crippen LogP contribution >= 0.6 is 15.9 Å². The van der Waals surface area contributed by atoms with Gasteiger partial charge in [-0.25, -0.2) is 14.5 Å². The van der Waals surface area contributed by atoms with Gasteiger partial charge in [-0.05, 0) is 37.6 Å². The lowest BCUT2D eigenvalue weighted by atomic mass is 10.1. The summed E-state index contributed by atoms with van der Waals surface area (Å²) in [6.07, 6.45) is 0. The molecular formula is C25H20BrN3O3. The van der Waals surface area contributed by atoms with Crippen molar-refractivity contribution in [1.82, 2.24) is 14.8 Å². The molecule has 0 aliphatic heterocycles. The van der Waals surface area contributed by atoms with Crippen molar-refractivity contribution in [1.29, 1.82) is 0 Å². The maximum atomic E-state index is 12.7. The second-order valence-corrected chi connectivity index (χ2v) is 8.25. The van der Waals surface area contributed by atoms with Crippen LogP contribution in [0.3, 0.4) is 0 Å². The molecule has 32 heavy (non-hydrogen) atoms. The second-order valence-electron chi connectivity index (χ2n) is 7.33. The third-order valence-corrected chi connectivity index (χ3v) is 5.47. The fraction of sp³-hybridized carbons (Fsp3) is 0.120. The number of aryl methyl sites for hydroxylation is 2. The molecule has 0 saturated heterocycles. The Morgan fingerprint density at radius 1 is 0.938 bits per heavy atom. The Labute approximate surface area is 194 Å². The van der Waals surface area contributed by atoms with Crippen LogP contribution in [0.15, 0.2) is 77.3 Å². The van der Waals surface area contributed by atoms with Gasteiger partial charge in [0.05, 0.1) is 5.69 Å². The van der Waals surface area contributed by atoms with Crippen LogP contribution in [0.2, 0.25) is 0 Å². The standard InChI is InChI=1S/C25H20BrN3O3/c1-16-7-9-19(10-8-16)24-27-23(28-29(24)21-6-4-3-5-17(21)2)25(31)32-15-22(30)18-11-13-20(26)14-12-18/h3-14H,15H2,1-2H3. The molecule has 0 atom stereocenters. The van der Waals surface area contributed by atoms with Gasteiger partial charge in [-0.1, -0.05) is 76.1 Å². The number of esters is 1. The first-order valence-electron chi connectivity index (χ1n) is 9.98. The van der Waals surface area contributed by atoms with Crippen molar-refractivity contribution in [2.24, 2.45) is 0 Å². The monoisotopic (exact) mass is 489 g/mol. The van der Waals surface area contributed by atoms with Gasteiger partial charge in [-0.15, -0.1) is 5.10 Å². The molecule has 0 saturated carbocycles. The highest BCUT2D eigenvalue weighted by molar-refractivity contribution is 9.10. The van der Waals surface area contributed by atoms with Gasteiger partial charge in [-0.3, -0.25) is 4.79 Å². The molecule has 4 rings (SSSR count). The molecule has 0 fully saturated rings. The van der Waals surface area contributed by atoms with Crippen LogP contribution in [0.4, 0.5) is 0 Å². The maximum Gasteiger partial charge on any atom is 0.378 e. The van der Waals surface area contributed by atoms with E-state index in [1.54, 1.807) is 28.9 Å². The third kappa shape index (κ3) is 4.68. The van der Waals surface area contributed by atoms with E-state index in [1.165, 1.54) is 0 Å². The lowest BCUT2D eigenvalue weighted by molar-refractivity contribution is 0.0462. The zero-order valence-corrected chi connectivity index (χ0v) is 19.2. The van der Waals surface area contributed by atoms with Crippen molar-refractivity contribution in [3.63, 3.8) is 0 Å². The largest absolute Gasteiger partial charge is 0.451 e. The smallest absolute Gasteiger partial charge is 0.378 e. The predicted octanol–water partition coefficient (Wildman–Crippen LogP) is 5.35. The number of carbonyl (C=O) groups is 2. The van der Waals surface area contributed by atoms with Crippen LogP contribution < -0.4 is 0 Å². The summed E-state index contributed by atoms with van der Waals surface area (Å²) in [7, 11) is 0. The number of ether oxygens (including phenoxy) is 1. The number of Topliss-reactive ketones (excluding diaryl/α,β-unsaturated/α-hetero) is 1. The number of hydrogen-bond donors (Lipinski definition) is 0. The van der Waals surface area contributed by atoms with Crippen molar-refractivity contribution in [2.75, 3.05) is 6.61 Å². The number of nitrogens with zero attached hydrogens (tertiary/aromatic N) is 3. The van der Waals surface area contributed by atoms with Crippen molar-refractivity contribution < 1.29 is 14.3 Å². The zero-order chi connectivity index (χ0) is 22.7. The molecule has 7 heteroatoms. The number of hydrogen-bond acceptors (Lipinski definition) is 5. The Kier molecular flexibility index (Phi) is 6.28. The summed E-state index contributed by atoms with van der Waals surface area (Å²) in [5.41, 5.74) is 4.18. The van der Waals surface area contributed by atoms with Crippen molar-refractivity contribution in [3.05, 3.63) is 99.8 Å². The summed E-state index contributed by atoms with van der Waals surface area (Å²) >= 11 is 3.33. The molecule has 0 spiro atoms. The van der Waals surface area contributed by atoms with Crippen LogP contribution in [-0.4, -0.2) is 33.1 Å². The van der Waals surface area contributed by atoms with E-state index in [4.69, 9.17) is 4.74 Å². The molecule has 0 bridgehead atoms. The summed E-state index contributed by atoms with van der Waals surface area (Å²) in [6.45, 7) is 3.57. The lowest BCUT2D eigenvalue weighted by Crippen LogP contribution is -2.15. The molecule has 1 aromatic heterocycles. The van der Waals surface area contributed by atoms with Crippen LogP contribution in [0.25, 0.3) is 17.1 Å².